The van der Waals surface area contributed by atoms with E-state index in [9.17, 15) is 0 Å². The van der Waals surface area contributed by atoms with Crippen LogP contribution in [0.3, 0.4) is 0 Å². The topological polar surface area (TPSA) is 64.1 Å². The molecular formula is C18H35N3O3. The second-order valence-electron chi connectivity index (χ2n) is 6.62. The summed E-state index contributed by atoms with van der Waals surface area (Å²) < 4.78 is 17.0. The lowest BCUT2D eigenvalue weighted by Gasteiger charge is -2.22. The number of guanidine groups is 1. The Balaban J connectivity index is 1.40. The summed E-state index contributed by atoms with van der Waals surface area (Å²) in [5.74, 6) is 0.858. The maximum atomic E-state index is 5.93. The van der Waals surface area contributed by atoms with E-state index in [1.807, 2.05) is 0 Å². The van der Waals surface area contributed by atoms with Crippen molar-refractivity contribution in [1.29, 1.82) is 0 Å². The molecule has 1 aliphatic heterocycles. The molecule has 6 nitrogen and oxygen atoms in total. The Bertz CT molecular complexity index is 340. The van der Waals surface area contributed by atoms with Crippen molar-refractivity contribution in [2.24, 2.45) is 4.99 Å². The molecule has 0 aromatic heterocycles. The molecule has 0 aromatic rings. The Hall–Kier alpha value is -0.850. The fourth-order valence-corrected chi connectivity index (χ4v) is 3.15. The van der Waals surface area contributed by atoms with Gasteiger partial charge in [0.2, 0.25) is 0 Å². The zero-order chi connectivity index (χ0) is 16.9. The molecular weight excluding hydrogens is 306 g/mol. The SMILES string of the molecule is CN=C(NCCCOC1CCCCC1)NCCCOC1CCOC1. The molecule has 1 heterocycles. The van der Waals surface area contributed by atoms with E-state index in [1.54, 1.807) is 7.05 Å². The summed E-state index contributed by atoms with van der Waals surface area (Å²) in [4.78, 5) is 4.24. The maximum Gasteiger partial charge on any atom is 0.190 e. The number of aliphatic imine (C=N–C) groups is 1. The van der Waals surface area contributed by atoms with Crippen LogP contribution in [0.1, 0.15) is 51.4 Å². The Morgan fingerprint density at radius 2 is 1.62 bits per heavy atom. The molecule has 0 radical (unpaired) electrons. The summed E-state index contributed by atoms with van der Waals surface area (Å²) >= 11 is 0. The molecule has 1 atom stereocenters. The number of nitrogens with zero attached hydrogens (tertiary/aromatic N) is 1. The molecule has 24 heavy (non-hydrogen) atoms. The largest absolute Gasteiger partial charge is 0.379 e. The lowest BCUT2D eigenvalue weighted by molar-refractivity contribution is 0.0277. The van der Waals surface area contributed by atoms with Crippen molar-refractivity contribution in [3.8, 4) is 0 Å². The summed E-state index contributed by atoms with van der Waals surface area (Å²) in [5, 5.41) is 6.66. The van der Waals surface area contributed by atoms with E-state index >= 15 is 0 Å². The Morgan fingerprint density at radius 3 is 2.21 bits per heavy atom. The van der Waals surface area contributed by atoms with Gasteiger partial charge in [-0.1, -0.05) is 19.3 Å². The normalized spacial score (nSPS) is 22.7. The van der Waals surface area contributed by atoms with Crippen molar-refractivity contribution in [2.45, 2.75) is 63.6 Å². The van der Waals surface area contributed by atoms with Gasteiger partial charge in [-0.2, -0.15) is 0 Å². The average Bonchev–Trinajstić information content (AvgIpc) is 3.14. The first kappa shape index (κ1) is 19.5. The van der Waals surface area contributed by atoms with Crippen molar-refractivity contribution >= 4 is 5.96 Å². The van der Waals surface area contributed by atoms with E-state index in [-0.39, 0.29) is 0 Å². The number of rotatable bonds is 10. The van der Waals surface area contributed by atoms with Crippen LogP contribution in [0.5, 0.6) is 0 Å². The zero-order valence-electron chi connectivity index (χ0n) is 15.2. The fraction of sp³-hybridized carbons (Fsp3) is 0.944. The van der Waals surface area contributed by atoms with Crippen LogP contribution in [0.15, 0.2) is 4.99 Å². The van der Waals surface area contributed by atoms with Gasteiger partial charge in [-0.15, -0.1) is 0 Å². The summed E-state index contributed by atoms with van der Waals surface area (Å²) in [7, 11) is 1.81. The molecule has 1 unspecified atom stereocenters. The number of hydrogen-bond acceptors (Lipinski definition) is 4. The van der Waals surface area contributed by atoms with Crippen LogP contribution in [0.25, 0.3) is 0 Å². The third kappa shape index (κ3) is 8.31. The van der Waals surface area contributed by atoms with Gasteiger partial charge in [0.25, 0.3) is 0 Å². The molecule has 6 heteroatoms. The molecule has 2 N–H and O–H groups in total. The summed E-state index contributed by atoms with van der Waals surface area (Å²) in [5.41, 5.74) is 0. The Morgan fingerprint density at radius 1 is 0.958 bits per heavy atom. The zero-order valence-corrected chi connectivity index (χ0v) is 15.2. The minimum absolute atomic E-state index is 0.298. The van der Waals surface area contributed by atoms with Crippen LogP contribution in [-0.4, -0.2) is 64.7 Å². The number of hydrogen-bond donors (Lipinski definition) is 2. The molecule has 0 aromatic carbocycles. The minimum Gasteiger partial charge on any atom is -0.379 e. The minimum atomic E-state index is 0.298. The molecule has 2 rings (SSSR count). The van der Waals surface area contributed by atoms with Gasteiger partial charge in [0.1, 0.15) is 0 Å². The van der Waals surface area contributed by atoms with Crippen molar-refractivity contribution in [3.63, 3.8) is 0 Å². The molecule has 2 aliphatic rings. The highest BCUT2D eigenvalue weighted by Crippen LogP contribution is 2.20. The number of nitrogens with one attached hydrogen (secondary N) is 2. The monoisotopic (exact) mass is 341 g/mol. The van der Waals surface area contributed by atoms with Gasteiger partial charge >= 0.3 is 0 Å². The van der Waals surface area contributed by atoms with Gasteiger partial charge < -0.3 is 24.8 Å². The second kappa shape index (κ2) is 12.5. The van der Waals surface area contributed by atoms with Gasteiger partial charge in [0.05, 0.1) is 18.8 Å². The van der Waals surface area contributed by atoms with Crippen molar-refractivity contribution in [2.75, 3.05) is 46.6 Å². The van der Waals surface area contributed by atoms with E-state index in [1.165, 1.54) is 32.1 Å². The molecule has 0 amide bonds. The summed E-state index contributed by atoms with van der Waals surface area (Å²) in [6, 6.07) is 0. The Labute approximate surface area is 146 Å². The van der Waals surface area contributed by atoms with Gasteiger partial charge in [0.15, 0.2) is 5.96 Å². The molecule has 2 fully saturated rings. The molecule has 1 saturated heterocycles. The third-order valence-corrected chi connectivity index (χ3v) is 4.60. The van der Waals surface area contributed by atoms with Crippen LogP contribution in [0, 0.1) is 0 Å². The first-order chi connectivity index (χ1) is 11.9. The highest BCUT2D eigenvalue weighted by molar-refractivity contribution is 5.79. The van der Waals surface area contributed by atoms with Crippen LogP contribution in [0.4, 0.5) is 0 Å². The summed E-state index contributed by atoms with van der Waals surface area (Å²) in [6.07, 6.45) is 10.3. The predicted octanol–water partition coefficient (Wildman–Crippen LogP) is 2.09. The highest BCUT2D eigenvalue weighted by Gasteiger charge is 2.15. The van der Waals surface area contributed by atoms with E-state index in [0.29, 0.717) is 12.2 Å². The smallest absolute Gasteiger partial charge is 0.190 e. The maximum absolute atomic E-state index is 5.93. The predicted molar refractivity (Wildman–Crippen MR) is 96.6 cm³/mol. The lowest BCUT2D eigenvalue weighted by Crippen LogP contribution is -2.39. The van der Waals surface area contributed by atoms with E-state index in [4.69, 9.17) is 14.2 Å². The van der Waals surface area contributed by atoms with Crippen molar-refractivity contribution in [3.05, 3.63) is 0 Å². The first-order valence-electron chi connectivity index (χ1n) is 9.64. The summed E-state index contributed by atoms with van der Waals surface area (Å²) in [6.45, 7) is 4.96. The van der Waals surface area contributed by atoms with E-state index < -0.39 is 0 Å². The third-order valence-electron chi connectivity index (χ3n) is 4.60. The van der Waals surface area contributed by atoms with Gasteiger partial charge in [-0.05, 0) is 32.1 Å². The first-order valence-corrected chi connectivity index (χ1v) is 9.64. The van der Waals surface area contributed by atoms with E-state index in [0.717, 1.165) is 64.7 Å². The average molecular weight is 341 g/mol. The quantitative estimate of drug-likeness (QED) is 0.362. The van der Waals surface area contributed by atoms with Crippen LogP contribution >= 0.6 is 0 Å². The highest BCUT2D eigenvalue weighted by atomic mass is 16.5. The van der Waals surface area contributed by atoms with Crippen LogP contribution in [-0.2, 0) is 14.2 Å². The standard InChI is InChI=1S/C18H35N3O3/c1-19-18(21-11-6-13-24-17-9-14-22-15-17)20-10-5-12-23-16-7-3-2-4-8-16/h16-17H,2-15H2,1H3,(H2,19,20,21). The second-order valence-corrected chi connectivity index (χ2v) is 6.62. The molecule has 0 bridgehead atoms. The molecule has 1 saturated carbocycles. The lowest BCUT2D eigenvalue weighted by atomic mass is 9.98. The van der Waals surface area contributed by atoms with E-state index in [2.05, 4.69) is 15.6 Å². The van der Waals surface area contributed by atoms with Gasteiger partial charge in [-0.25, -0.2) is 0 Å². The molecule has 140 valence electrons. The molecule has 1 aliphatic carbocycles. The molecule has 0 spiro atoms. The van der Waals surface area contributed by atoms with Crippen molar-refractivity contribution in [1.82, 2.24) is 10.6 Å². The number of ether oxygens (including phenoxy) is 3. The van der Waals surface area contributed by atoms with Gasteiger partial charge in [0, 0.05) is 40.0 Å². The fourth-order valence-electron chi connectivity index (χ4n) is 3.15. The van der Waals surface area contributed by atoms with Crippen molar-refractivity contribution < 1.29 is 14.2 Å². The Kier molecular flexibility index (Phi) is 10.1. The van der Waals surface area contributed by atoms with Crippen LogP contribution < -0.4 is 10.6 Å². The van der Waals surface area contributed by atoms with Gasteiger partial charge in [-0.3, -0.25) is 4.99 Å². The van der Waals surface area contributed by atoms with Crippen LogP contribution in [0.2, 0.25) is 0 Å².